The van der Waals surface area contributed by atoms with Crippen molar-refractivity contribution in [1.29, 1.82) is 0 Å². The van der Waals surface area contributed by atoms with Crippen LogP contribution in [0.2, 0.25) is 0 Å². The Morgan fingerprint density at radius 3 is 2.73 bits per heavy atom. The number of likely N-dealkylation sites (tertiary alicyclic amines) is 1. The van der Waals surface area contributed by atoms with E-state index in [1.54, 1.807) is 7.11 Å². The van der Waals surface area contributed by atoms with E-state index >= 15 is 0 Å². The molecule has 162 valence electrons. The first-order valence-corrected chi connectivity index (χ1v) is 10.9. The third kappa shape index (κ3) is 5.54. The van der Waals surface area contributed by atoms with E-state index in [1.807, 2.05) is 30.0 Å². The molecule has 1 aliphatic heterocycles. The van der Waals surface area contributed by atoms with Crippen molar-refractivity contribution in [3.05, 3.63) is 58.7 Å². The fraction of sp³-hybridized carbons (Fsp3) is 0.480. The number of hydrogen-bond acceptors (Lipinski definition) is 4. The van der Waals surface area contributed by atoms with Crippen molar-refractivity contribution in [2.24, 2.45) is 0 Å². The van der Waals surface area contributed by atoms with Crippen molar-refractivity contribution < 1.29 is 14.3 Å². The quantitative estimate of drug-likeness (QED) is 0.708. The number of aryl methyl sites for hydroxylation is 2. The monoisotopic (exact) mass is 410 g/mol. The van der Waals surface area contributed by atoms with Gasteiger partial charge in [0.25, 0.3) is 0 Å². The molecule has 2 aromatic carbocycles. The van der Waals surface area contributed by atoms with Crippen molar-refractivity contribution >= 4 is 5.91 Å². The summed E-state index contributed by atoms with van der Waals surface area (Å²) in [5.74, 6) is 2.15. The van der Waals surface area contributed by atoms with Gasteiger partial charge in [0.1, 0.15) is 11.5 Å². The highest BCUT2D eigenvalue weighted by Crippen LogP contribution is 2.28. The first-order chi connectivity index (χ1) is 14.5. The lowest BCUT2D eigenvalue weighted by molar-refractivity contribution is -0.131. The number of methoxy groups -OCH3 is 1. The first kappa shape index (κ1) is 22.2. The third-order valence-electron chi connectivity index (χ3n) is 5.94. The molecule has 1 saturated heterocycles. The van der Waals surface area contributed by atoms with E-state index in [0.29, 0.717) is 25.6 Å². The summed E-state index contributed by atoms with van der Waals surface area (Å²) < 4.78 is 11.0. The second-order valence-electron chi connectivity index (χ2n) is 8.03. The molecule has 30 heavy (non-hydrogen) atoms. The van der Waals surface area contributed by atoms with E-state index < -0.39 is 0 Å². The number of carbonyl (C=O) groups is 1. The largest absolute Gasteiger partial charge is 0.497 e. The van der Waals surface area contributed by atoms with Gasteiger partial charge in [-0.3, -0.25) is 4.79 Å². The molecule has 1 atom stereocenters. The molecule has 1 aliphatic rings. The minimum Gasteiger partial charge on any atom is -0.497 e. The third-order valence-corrected chi connectivity index (χ3v) is 5.94. The second-order valence-corrected chi connectivity index (χ2v) is 8.03. The van der Waals surface area contributed by atoms with Gasteiger partial charge in [-0.1, -0.05) is 24.3 Å². The Morgan fingerprint density at radius 2 is 2.00 bits per heavy atom. The lowest BCUT2D eigenvalue weighted by Gasteiger charge is -2.33. The highest BCUT2D eigenvalue weighted by atomic mass is 16.5. The van der Waals surface area contributed by atoms with Crippen LogP contribution in [0.25, 0.3) is 0 Å². The standard InChI is InChI=1S/C25H34N2O3/c1-5-30-24-14-23(29-4)11-10-21(24)15-26-16-25(28)27-12-6-7-22(17-27)20-9-8-18(2)19(3)13-20/h8-11,13-14,22,26H,5-7,12,15-17H2,1-4H3. The summed E-state index contributed by atoms with van der Waals surface area (Å²) >= 11 is 0. The topological polar surface area (TPSA) is 50.8 Å². The lowest BCUT2D eigenvalue weighted by Crippen LogP contribution is -2.43. The average molecular weight is 411 g/mol. The molecule has 0 bridgehead atoms. The molecule has 5 nitrogen and oxygen atoms in total. The van der Waals surface area contributed by atoms with Gasteiger partial charge in [-0.15, -0.1) is 0 Å². The van der Waals surface area contributed by atoms with Crippen LogP contribution in [0.1, 0.15) is 47.9 Å². The molecule has 3 rings (SSSR count). The van der Waals surface area contributed by atoms with Gasteiger partial charge in [0, 0.05) is 37.2 Å². The van der Waals surface area contributed by atoms with Crippen LogP contribution in [0.15, 0.2) is 36.4 Å². The summed E-state index contributed by atoms with van der Waals surface area (Å²) in [6, 6.07) is 12.5. The summed E-state index contributed by atoms with van der Waals surface area (Å²) in [5, 5.41) is 3.29. The summed E-state index contributed by atoms with van der Waals surface area (Å²) in [7, 11) is 1.64. The van der Waals surface area contributed by atoms with Crippen LogP contribution in [0.4, 0.5) is 0 Å². The predicted octanol–water partition coefficient (Wildman–Crippen LogP) is 4.21. The fourth-order valence-electron chi connectivity index (χ4n) is 4.01. The minimum absolute atomic E-state index is 0.162. The van der Waals surface area contributed by atoms with Gasteiger partial charge < -0.3 is 19.7 Å². The van der Waals surface area contributed by atoms with Crippen molar-refractivity contribution in [2.45, 2.75) is 46.1 Å². The number of ether oxygens (including phenoxy) is 2. The molecule has 5 heteroatoms. The van der Waals surface area contributed by atoms with Crippen LogP contribution in [0.3, 0.4) is 0 Å². The number of hydrogen-bond donors (Lipinski definition) is 1. The van der Waals surface area contributed by atoms with Gasteiger partial charge >= 0.3 is 0 Å². The maximum absolute atomic E-state index is 12.8. The van der Waals surface area contributed by atoms with Crippen LogP contribution in [0.5, 0.6) is 11.5 Å². The Morgan fingerprint density at radius 1 is 1.17 bits per heavy atom. The lowest BCUT2D eigenvalue weighted by atomic mass is 9.89. The van der Waals surface area contributed by atoms with Crippen LogP contribution < -0.4 is 14.8 Å². The number of benzene rings is 2. The van der Waals surface area contributed by atoms with E-state index in [4.69, 9.17) is 9.47 Å². The molecule has 1 fully saturated rings. The average Bonchev–Trinajstić information content (AvgIpc) is 2.76. The molecule has 0 aromatic heterocycles. The van der Waals surface area contributed by atoms with Crippen molar-refractivity contribution in [1.82, 2.24) is 10.2 Å². The zero-order valence-corrected chi connectivity index (χ0v) is 18.7. The Hall–Kier alpha value is -2.53. The summed E-state index contributed by atoms with van der Waals surface area (Å²) in [4.78, 5) is 14.8. The molecule has 0 saturated carbocycles. The van der Waals surface area contributed by atoms with Gasteiger partial charge in [-0.05, 0) is 56.4 Å². The molecule has 1 heterocycles. The predicted molar refractivity (Wildman–Crippen MR) is 120 cm³/mol. The van der Waals surface area contributed by atoms with Crippen LogP contribution in [-0.4, -0.2) is 44.2 Å². The van der Waals surface area contributed by atoms with E-state index in [9.17, 15) is 4.79 Å². The fourth-order valence-corrected chi connectivity index (χ4v) is 4.01. The second kappa shape index (κ2) is 10.5. The van der Waals surface area contributed by atoms with Crippen molar-refractivity contribution in [3.8, 4) is 11.5 Å². The number of carbonyl (C=O) groups excluding carboxylic acids is 1. The zero-order valence-electron chi connectivity index (χ0n) is 18.7. The molecule has 1 unspecified atom stereocenters. The molecular formula is C25H34N2O3. The van der Waals surface area contributed by atoms with Crippen molar-refractivity contribution in [3.63, 3.8) is 0 Å². The molecule has 0 spiro atoms. The van der Waals surface area contributed by atoms with Gasteiger partial charge in [-0.2, -0.15) is 0 Å². The number of amides is 1. The molecule has 2 aromatic rings. The highest BCUT2D eigenvalue weighted by molar-refractivity contribution is 5.78. The van der Waals surface area contributed by atoms with E-state index in [2.05, 4.69) is 37.4 Å². The van der Waals surface area contributed by atoms with E-state index in [-0.39, 0.29) is 5.91 Å². The molecule has 1 amide bonds. The summed E-state index contributed by atoms with van der Waals surface area (Å²) in [6.07, 6.45) is 2.19. The maximum Gasteiger partial charge on any atom is 0.236 e. The van der Waals surface area contributed by atoms with E-state index in [0.717, 1.165) is 43.0 Å². The van der Waals surface area contributed by atoms with Crippen LogP contribution >= 0.6 is 0 Å². The Kier molecular flexibility index (Phi) is 7.75. The minimum atomic E-state index is 0.162. The number of rotatable bonds is 8. The maximum atomic E-state index is 12.8. The molecular weight excluding hydrogens is 376 g/mol. The van der Waals surface area contributed by atoms with Crippen LogP contribution in [-0.2, 0) is 11.3 Å². The Bertz CT molecular complexity index is 865. The van der Waals surface area contributed by atoms with Gasteiger partial charge in [0.05, 0.1) is 20.3 Å². The number of nitrogens with one attached hydrogen (secondary N) is 1. The van der Waals surface area contributed by atoms with Crippen LogP contribution in [0, 0.1) is 13.8 Å². The number of nitrogens with zero attached hydrogens (tertiary/aromatic N) is 1. The summed E-state index contributed by atoms with van der Waals surface area (Å²) in [5.41, 5.74) is 5.01. The first-order valence-electron chi connectivity index (χ1n) is 10.9. The SMILES string of the molecule is CCOc1cc(OC)ccc1CNCC(=O)N1CCCC(c2ccc(C)c(C)c2)C1. The van der Waals surface area contributed by atoms with Gasteiger partial charge in [0.15, 0.2) is 0 Å². The number of piperidine rings is 1. The van der Waals surface area contributed by atoms with E-state index in [1.165, 1.54) is 16.7 Å². The Labute approximate surface area is 180 Å². The highest BCUT2D eigenvalue weighted by Gasteiger charge is 2.24. The van der Waals surface area contributed by atoms with Gasteiger partial charge in [0.2, 0.25) is 5.91 Å². The smallest absolute Gasteiger partial charge is 0.236 e. The zero-order chi connectivity index (χ0) is 21.5. The molecule has 0 aliphatic carbocycles. The summed E-state index contributed by atoms with van der Waals surface area (Å²) in [6.45, 7) is 9.40. The normalized spacial score (nSPS) is 16.4. The van der Waals surface area contributed by atoms with Crippen molar-refractivity contribution in [2.75, 3.05) is 33.4 Å². The Balaban J connectivity index is 1.55. The molecule has 1 N–H and O–H groups in total. The molecule has 0 radical (unpaired) electrons. The van der Waals surface area contributed by atoms with Gasteiger partial charge in [-0.25, -0.2) is 0 Å².